The largest absolute Gasteiger partial charge is 0.497 e. The molecule has 0 aliphatic heterocycles. The minimum Gasteiger partial charge on any atom is -0.497 e. The lowest BCUT2D eigenvalue weighted by atomic mass is 10.1. The van der Waals surface area contributed by atoms with E-state index in [-0.39, 0.29) is 5.69 Å². The first-order valence-corrected chi connectivity index (χ1v) is 7.70. The van der Waals surface area contributed by atoms with E-state index in [9.17, 15) is 4.79 Å². The zero-order valence-corrected chi connectivity index (χ0v) is 13.6. The summed E-state index contributed by atoms with van der Waals surface area (Å²) in [7, 11) is 1.62. The van der Waals surface area contributed by atoms with Crippen LogP contribution in [0.3, 0.4) is 0 Å². The van der Waals surface area contributed by atoms with Gasteiger partial charge in [-0.25, -0.2) is 9.48 Å². The van der Waals surface area contributed by atoms with Crippen LogP contribution in [0, 0.1) is 0 Å². The van der Waals surface area contributed by atoms with E-state index < -0.39 is 5.97 Å². The minimum atomic E-state index is -0.434. The van der Waals surface area contributed by atoms with E-state index in [0.717, 1.165) is 22.7 Å². The van der Waals surface area contributed by atoms with Gasteiger partial charge in [0.1, 0.15) is 5.75 Å². The number of esters is 1. The summed E-state index contributed by atoms with van der Waals surface area (Å²) in [6.45, 7) is 2.08. The molecule has 0 fully saturated rings. The molecule has 0 atom stereocenters. The predicted octanol–water partition coefficient (Wildman–Crippen LogP) is 3.72. The molecule has 5 heteroatoms. The molecule has 0 saturated heterocycles. The highest BCUT2D eigenvalue weighted by Crippen LogP contribution is 2.26. The smallest absolute Gasteiger partial charge is 0.358 e. The van der Waals surface area contributed by atoms with E-state index in [1.807, 2.05) is 54.6 Å². The Balaban J connectivity index is 2.13. The van der Waals surface area contributed by atoms with Crippen LogP contribution in [-0.2, 0) is 4.74 Å². The van der Waals surface area contributed by atoms with Gasteiger partial charge in [0.15, 0.2) is 5.69 Å². The number of carbonyl (C=O) groups is 1. The van der Waals surface area contributed by atoms with Crippen molar-refractivity contribution in [3.63, 3.8) is 0 Å². The van der Waals surface area contributed by atoms with E-state index in [1.165, 1.54) is 0 Å². The van der Waals surface area contributed by atoms with E-state index in [2.05, 4.69) is 5.10 Å². The van der Waals surface area contributed by atoms with Gasteiger partial charge in [-0.2, -0.15) is 5.10 Å². The normalized spacial score (nSPS) is 10.4. The number of benzene rings is 2. The molecule has 0 saturated carbocycles. The van der Waals surface area contributed by atoms with Crippen LogP contribution in [0.2, 0.25) is 0 Å². The Kier molecular flexibility index (Phi) is 4.61. The van der Waals surface area contributed by atoms with Crippen LogP contribution < -0.4 is 4.74 Å². The van der Waals surface area contributed by atoms with E-state index in [1.54, 1.807) is 24.8 Å². The zero-order chi connectivity index (χ0) is 16.9. The van der Waals surface area contributed by atoms with Gasteiger partial charge in [0, 0.05) is 11.6 Å². The molecule has 24 heavy (non-hydrogen) atoms. The molecule has 1 aromatic heterocycles. The van der Waals surface area contributed by atoms with E-state index >= 15 is 0 Å². The number of carbonyl (C=O) groups excluding carboxylic acids is 1. The van der Waals surface area contributed by atoms with Crippen molar-refractivity contribution in [1.29, 1.82) is 0 Å². The third-order valence-electron chi connectivity index (χ3n) is 3.56. The molecule has 0 unspecified atom stereocenters. The molecule has 122 valence electrons. The van der Waals surface area contributed by atoms with Gasteiger partial charge in [0.05, 0.1) is 25.1 Å². The Morgan fingerprint density at radius 3 is 2.58 bits per heavy atom. The maximum absolute atomic E-state index is 12.1. The molecular formula is C19H18N2O3. The maximum atomic E-state index is 12.1. The molecule has 0 N–H and O–H groups in total. The Hall–Kier alpha value is -3.08. The van der Waals surface area contributed by atoms with Crippen LogP contribution in [0.5, 0.6) is 5.75 Å². The monoisotopic (exact) mass is 322 g/mol. The SMILES string of the molecule is CCOC(=O)c1cc(-c2ccccc2)n(-c2cccc(OC)c2)n1. The summed E-state index contributed by atoms with van der Waals surface area (Å²) in [5.74, 6) is 0.288. The average molecular weight is 322 g/mol. The molecule has 2 aromatic carbocycles. The van der Waals surface area contributed by atoms with Crippen LogP contribution in [0.1, 0.15) is 17.4 Å². The zero-order valence-electron chi connectivity index (χ0n) is 13.6. The first-order chi connectivity index (χ1) is 11.7. The fourth-order valence-electron chi connectivity index (χ4n) is 2.44. The highest BCUT2D eigenvalue weighted by atomic mass is 16.5. The summed E-state index contributed by atoms with van der Waals surface area (Å²) < 4.78 is 12.1. The third kappa shape index (κ3) is 3.15. The number of hydrogen-bond acceptors (Lipinski definition) is 4. The highest BCUT2D eigenvalue weighted by Gasteiger charge is 2.17. The quantitative estimate of drug-likeness (QED) is 0.672. The van der Waals surface area contributed by atoms with Crippen LogP contribution in [0.4, 0.5) is 0 Å². The summed E-state index contributed by atoms with van der Waals surface area (Å²) >= 11 is 0. The van der Waals surface area contributed by atoms with Crippen molar-refractivity contribution in [3.8, 4) is 22.7 Å². The fraction of sp³-hybridized carbons (Fsp3) is 0.158. The molecule has 5 nitrogen and oxygen atoms in total. The maximum Gasteiger partial charge on any atom is 0.358 e. The number of ether oxygens (including phenoxy) is 2. The lowest BCUT2D eigenvalue weighted by Gasteiger charge is -2.09. The van der Waals surface area contributed by atoms with Gasteiger partial charge in [-0.3, -0.25) is 0 Å². The molecule has 3 rings (SSSR count). The molecule has 0 bridgehead atoms. The molecular weight excluding hydrogens is 304 g/mol. The summed E-state index contributed by atoms with van der Waals surface area (Å²) in [5, 5.41) is 4.44. The topological polar surface area (TPSA) is 53.4 Å². The number of methoxy groups -OCH3 is 1. The van der Waals surface area contributed by atoms with Crippen molar-refractivity contribution in [3.05, 3.63) is 66.4 Å². The number of hydrogen-bond donors (Lipinski definition) is 0. The number of rotatable bonds is 5. The van der Waals surface area contributed by atoms with Gasteiger partial charge in [-0.05, 0) is 25.1 Å². The second kappa shape index (κ2) is 7.00. The molecule has 3 aromatic rings. The molecule has 1 heterocycles. The van der Waals surface area contributed by atoms with Crippen molar-refractivity contribution < 1.29 is 14.3 Å². The van der Waals surface area contributed by atoms with Gasteiger partial charge >= 0.3 is 5.97 Å². The third-order valence-corrected chi connectivity index (χ3v) is 3.56. The Morgan fingerprint density at radius 1 is 1.08 bits per heavy atom. The highest BCUT2D eigenvalue weighted by molar-refractivity contribution is 5.89. The first-order valence-electron chi connectivity index (χ1n) is 7.70. The molecule has 0 spiro atoms. The molecule has 0 aliphatic rings. The van der Waals surface area contributed by atoms with Crippen LogP contribution in [-0.4, -0.2) is 29.5 Å². The van der Waals surface area contributed by atoms with Crippen LogP contribution >= 0.6 is 0 Å². The molecule has 0 aliphatic carbocycles. The summed E-state index contributed by atoms with van der Waals surface area (Å²) in [6, 6.07) is 19.1. The lowest BCUT2D eigenvalue weighted by Crippen LogP contribution is -2.06. The van der Waals surface area contributed by atoms with Gasteiger partial charge in [0.2, 0.25) is 0 Å². The Morgan fingerprint density at radius 2 is 1.88 bits per heavy atom. The summed E-state index contributed by atoms with van der Waals surface area (Å²) in [6.07, 6.45) is 0. The van der Waals surface area contributed by atoms with Gasteiger partial charge in [0.25, 0.3) is 0 Å². The average Bonchev–Trinajstić information content (AvgIpc) is 3.08. The standard InChI is InChI=1S/C19H18N2O3/c1-3-24-19(22)17-13-18(14-8-5-4-6-9-14)21(20-17)15-10-7-11-16(12-15)23-2/h4-13H,3H2,1-2H3. The molecule has 0 amide bonds. The second-order valence-corrected chi connectivity index (χ2v) is 5.11. The van der Waals surface area contributed by atoms with Crippen molar-refractivity contribution in [2.75, 3.05) is 13.7 Å². The lowest BCUT2D eigenvalue weighted by molar-refractivity contribution is 0.0519. The van der Waals surface area contributed by atoms with Crippen molar-refractivity contribution in [2.45, 2.75) is 6.92 Å². The van der Waals surface area contributed by atoms with Gasteiger partial charge in [-0.15, -0.1) is 0 Å². The van der Waals surface area contributed by atoms with Crippen molar-refractivity contribution in [1.82, 2.24) is 9.78 Å². The van der Waals surface area contributed by atoms with Crippen LogP contribution in [0.15, 0.2) is 60.7 Å². The fourth-order valence-corrected chi connectivity index (χ4v) is 2.44. The van der Waals surface area contributed by atoms with Crippen molar-refractivity contribution in [2.24, 2.45) is 0 Å². The Bertz CT molecular complexity index is 841. The van der Waals surface area contributed by atoms with Gasteiger partial charge in [-0.1, -0.05) is 36.4 Å². The van der Waals surface area contributed by atoms with E-state index in [0.29, 0.717) is 6.61 Å². The van der Waals surface area contributed by atoms with Gasteiger partial charge < -0.3 is 9.47 Å². The van der Waals surface area contributed by atoms with Crippen molar-refractivity contribution >= 4 is 5.97 Å². The summed E-state index contributed by atoms with van der Waals surface area (Å²) in [5.41, 5.74) is 2.86. The number of aromatic nitrogens is 2. The first kappa shape index (κ1) is 15.8. The predicted molar refractivity (Wildman–Crippen MR) is 91.5 cm³/mol. The number of nitrogens with zero attached hydrogens (tertiary/aromatic N) is 2. The molecule has 0 radical (unpaired) electrons. The second-order valence-electron chi connectivity index (χ2n) is 5.11. The van der Waals surface area contributed by atoms with E-state index in [4.69, 9.17) is 9.47 Å². The Labute approximate surface area is 140 Å². The summed E-state index contributed by atoms with van der Waals surface area (Å²) in [4.78, 5) is 12.1. The van der Waals surface area contributed by atoms with Crippen LogP contribution in [0.25, 0.3) is 16.9 Å². The minimum absolute atomic E-state index is 0.276.